The smallest absolute Gasteiger partial charge is 0.264 e. The highest BCUT2D eigenvalue weighted by Gasteiger charge is 2.28. The first-order valence-corrected chi connectivity index (χ1v) is 13.8. The van der Waals surface area contributed by atoms with Crippen LogP contribution in [0.5, 0.6) is 5.75 Å². The molecule has 4 rings (SSSR count). The number of fused-ring (bicyclic) bond motifs is 1. The van der Waals surface area contributed by atoms with E-state index in [-0.39, 0.29) is 6.61 Å². The lowest BCUT2D eigenvalue weighted by Crippen LogP contribution is -2.19. The maximum atomic E-state index is 10.1. The van der Waals surface area contributed by atoms with Crippen molar-refractivity contribution in [2.24, 2.45) is 5.73 Å². The van der Waals surface area contributed by atoms with Crippen LogP contribution in [0.2, 0.25) is 0 Å². The SMILES string of the molecule is C/C=C\C(=C/CCN)c1c(C#N)c2ccc(OCc3nc(C)no3)cc2n1C1CCC1.C=O.CC.COC(C)C. The lowest BCUT2D eigenvalue weighted by Gasteiger charge is -2.30. The van der Waals surface area contributed by atoms with Crippen molar-refractivity contribution >= 4 is 23.3 Å². The predicted octanol–water partition coefficient (Wildman–Crippen LogP) is 6.70. The second kappa shape index (κ2) is 18.5. The number of hydrogen-bond donors (Lipinski definition) is 1. The third-order valence-electron chi connectivity index (χ3n) is 6.08. The van der Waals surface area contributed by atoms with Gasteiger partial charge < -0.3 is 29.1 Å². The minimum atomic E-state index is 0.203. The summed E-state index contributed by atoms with van der Waals surface area (Å²) < 4.78 is 18.1. The number of rotatable bonds is 9. The van der Waals surface area contributed by atoms with Crippen LogP contribution in [0, 0.1) is 18.3 Å². The summed E-state index contributed by atoms with van der Waals surface area (Å²) in [5, 5.41) is 14.8. The Morgan fingerprint density at radius 1 is 1.32 bits per heavy atom. The zero-order chi connectivity index (χ0) is 30.1. The van der Waals surface area contributed by atoms with Crippen LogP contribution in [0.1, 0.15) is 89.3 Å². The number of benzene rings is 1. The highest BCUT2D eigenvalue weighted by molar-refractivity contribution is 5.95. The maximum absolute atomic E-state index is 10.1. The molecule has 1 aliphatic rings. The van der Waals surface area contributed by atoms with Crippen LogP contribution in [0.25, 0.3) is 16.5 Å². The first-order chi connectivity index (χ1) is 19.4. The van der Waals surface area contributed by atoms with E-state index in [1.165, 1.54) is 6.42 Å². The molecule has 0 aliphatic heterocycles. The summed E-state index contributed by atoms with van der Waals surface area (Å²) in [6.07, 6.45) is 10.7. The highest BCUT2D eigenvalue weighted by Crippen LogP contribution is 2.42. The van der Waals surface area contributed by atoms with E-state index in [0.29, 0.717) is 41.7 Å². The minimum absolute atomic E-state index is 0.203. The molecule has 2 heterocycles. The molecule has 1 aromatic carbocycles. The highest BCUT2D eigenvalue weighted by atomic mass is 16.5. The average Bonchev–Trinajstić information content (AvgIpc) is 3.51. The van der Waals surface area contributed by atoms with E-state index in [1.54, 1.807) is 14.0 Å². The molecule has 0 amide bonds. The Bertz CT molecular complexity index is 1260. The lowest BCUT2D eigenvalue weighted by atomic mass is 9.92. The van der Waals surface area contributed by atoms with Crippen molar-refractivity contribution in [2.45, 2.75) is 86.0 Å². The van der Waals surface area contributed by atoms with Gasteiger partial charge in [-0.3, -0.25) is 0 Å². The third-order valence-corrected chi connectivity index (χ3v) is 6.08. The van der Waals surface area contributed by atoms with E-state index in [1.807, 2.05) is 65.7 Å². The topological polar surface area (TPSA) is 129 Å². The van der Waals surface area contributed by atoms with Gasteiger partial charge in [0.2, 0.25) is 0 Å². The van der Waals surface area contributed by atoms with Crippen LogP contribution >= 0.6 is 0 Å². The van der Waals surface area contributed by atoms with E-state index < -0.39 is 0 Å². The molecule has 218 valence electrons. The number of methoxy groups -OCH3 is 1. The van der Waals surface area contributed by atoms with Gasteiger partial charge in [-0.25, -0.2) is 0 Å². The largest absolute Gasteiger partial charge is 0.484 e. The molecule has 0 bridgehead atoms. The van der Waals surface area contributed by atoms with Crippen molar-refractivity contribution < 1.29 is 18.8 Å². The first-order valence-electron chi connectivity index (χ1n) is 13.8. The van der Waals surface area contributed by atoms with Crippen LogP contribution in [-0.2, 0) is 16.1 Å². The minimum Gasteiger partial charge on any atom is -0.484 e. The van der Waals surface area contributed by atoms with Crippen molar-refractivity contribution in [1.82, 2.24) is 14.7 Å². The lowest BCUT2D eigenvalue weighted by molar-refractivity contribution is -0.0980. The third kappa shape index (κ3) is 9.18. The van der Waals surface area contributed by atoms with Crippen molar-refractivity contribution in [3.8, 4) is 11.8 Å². The summed E-state index contributed by atoms with van der Waals surface area (Å²) in [4.78, 5) is 12.2. The van der Waals surface area contributed by atoms with Crippen molar-refractivity contribution in [2.75, 3.05) is 13.7 Å². The van der Waals surface area contributed by atoms with Crippen LogP contribution in [0.4, 0.5) is 0 Å². The van der Waals surface area contributed by atoms with Gasteiger partial charge in [0.25, 0.3) is 5.89 Å². The number of nitriles is 1. The zero-order valence-electron chi connectivity index (χ0n) is 25.1. The first kappa shape index (κ1) is 34.3. The van der Waals surface area contributed by atoms with Crippen molar-refractivity contribution in [3.05, 3.63) is 59.4 Å². The van der Waals surface area contributed by atoms with Gasteiger partial charge in [0.15, 0.2) is 12.4 Å². The maximum Gasteiger partial charge on any atom is 0.264 e. The Morgan fingerprint density at radius 3 is 2.48 bits per heavy atom. The predicted molar refractivity (Wildman–Crippen MR) is 160 cm³/mol. The number of aryl methyl sites for hydroxylation is 1. The molecule has 2 aromatic heterocycles. The second-order valence-corrected chi connectivity index (χ2v) is 9.01. The summed E-state index contributed by atoms with van der Waals surface area (Å²) >= 11 is 0. The summed E-state index contributed by atoms with van der Waals surface area (Å²) in [6.45, 7) is 14.5. The van der Waals surface area contributed by atoms with E-state index in [9.17, 15) is 5.26 Å². The van der Waals surface area contributed by atoms with E-state index in [0.717, 1.165) is 41.4 Å². The number of allylic oxidation sites excluding steroid dienone is 3. The molecule has 1 aliphatic carbocycles. The molecule has 3 aromatic rings. The van der Waals surface area contributed by atoms with Crippen LogP contribution in [0.15, 0.2) is 41.0 Å². The molecule has 2 N–H and O–H groups in total. The van der Waals surface area contributed by atoms with Crippen LogP contribution < -0.4 is 10.5 Å². The standard InChI is InChI=1S/C24H27N5O2.C4H10O.C2H6.CH2O/c1-3-6-17(7-5-12-25)24-21(14-26)20-11-10-19(30-15-23-27-16(2)28-31-23)13-22(20)29(24)18-8-4-9-18;1-4(2)5-3;2*1-2/h3,6-7,10-11,13,18H,4-5,8-9,12,15,25H2,1-2H3;4H,1-3H3;1-2H3;1H2/b6-3-,17-7+;;;. The normalized spacial score (nSPS) is 12.9. The van der Waals surface area contributed by atoms with E-state index in [4.69, 9.17) is 24.5 Å². The quantitative estimate of drug-likeness (QED) is 0.291. The zero-order valence-corrected chi connectivity index (χ0v) is 25.1. The molecule has 0 saturated heterocycles. The van der Waals surface area contributed by atoms with Crippen molar-refractivity contribution in [1.29, 1.82) is 5.26 Å². The Morgan fingerprint density at radius 2 is 2.00 bits per heavy atom. The molecule has 0 spiro atoms. The van der Waals surface area contributed by atoms with E-state index in [2.05, 4.69) is 32.9 Å². The molecule has 0 unspecified atom stereocenters. The summed E-state index contributed by atoms with van der Waals surface area (Å²) in [7, 11) is 1.70. The van der Waals surface area contributed by atoms with Crippen LogP contribution in [-0.4, -0.2) is 41.3 Å². The second-order valence-electron chi connectivity index (χ2n) is 9.01. The average molecular weight is 552 g/mol. The number of hydrogen-bond acceptors (Lipinski definition) is 8. The summed E-state index contributed by atoms with van der Waals surface area (Å²) in [5.41, 5.74) is 9.48. The Balaban J connectivity index is 0.000000789. The fourth-order valence-corrected chi connectivity index (χ4v) is 4.01. The van der Waals surface area contributed by atoms with Gasteiger partial charge in [0.05, 0.1) is 22.9 Å². The van der Waals surface area contributed by atoms with Gasteiger partial charge in [-0.2, -0.15) is 10.2 Å². The van der Waals surface area contributed by atoms with Gasteiger partial charge in [0.1, 0.15) is 18.6 Å². The van der Waals surface area contributed by atoms with Gasteiger partial charge in [0, 0.05) is 24.6 Å². The van der Waals surface area contributed by atoms with Crippen LogP contribution in [0.3, 0.4) is 0 Å². The van der Waals surface area contributed by atoms with Gasteiger partial charge in [-0.05, 0) is 77.6 Å². The molecular formula is C31H45N5O4. The molecule has 0 atom stereocenters. The van der Waals surface area contributed by atoms with E-state index >= 15 is 0 Å². The molecule has 1 saturated carbocycles. The molecule has 9 nitrogen and oxygen atoms in total. The Hall–Kier alpha value is -3.74. The number of carbonyl (C=O) groups excluding carboxylic acids is 1. The Labute approximate surface area is 238 Å². The van der Waals surface area contributed by atoms with Gasteiger partial charge >= 0.3 is 0 Å². The molecule has 1 fully saturated rings. The number of aromatic nitrogens is 3. The number of nitrogens with two attached hydrogens (primary N) is 1. The molecule has 40 heavy (non-hydrogen) atoms. The molecular weight excluding hydrogens is 506 g/mol. The summed E-state index contributed by atoms with van der Waals surface area (Å²) in [5.74, 6) is 1.72. The monoisotopic (exact) mass is 551 g/mol. The number of carbonyl (C=O) groups is 1. The van der Waals surface area contributed by atoms with Gasteiger partial charge in [-0.15, -0.1) is 0 Å². The number of ether oxygens (including phenoxy) is 2. The molecule has 9 heteroatoms. The fraction of sp³-hybridized carbons (Fsp3) is 0.484. The molecule has 0 radical (unpaired) electrons. The Kier molecular flexibility index (Phi) is 15.9. The van der Waals surface area contributed by atoms with Gasteiger partial charge in [-0.1, -0.05) is 37.2 Å². The fourth-order valence-electron chi connectivity index (χ4n) is 4.01. The van der Waals surface area contributed by atoms with Crippen molar-refractivity contribution in [3.63, 3.8) is 0 Å². The summed E-state index contributed by atoms with van der Waals surface area (Å²) in [6, 6.07) is 8.70. The number of nitrogens with zero attached hydrogens (tertiary/aromatic N) is 4.